The van der Waals surface area contributed by atoms with Gasteiger partial charge < -0.3 is 20.3 Å². The van der Waals surface area contributed by atoms with Gasteiger partial charge in [-0.3, -0.25) is 9.59 Å². The minimum Gasteiger partial charge on any atom is -0.466 e. The van der Waals surface area contributed by atoms with Crippen molar-refractivity contribution in [3.63, 3.8) is 0 Å². The van der Waals surface area contributed by atoms with E-state index in [1.807, 2.05) is 0 Å². The Morgan fingerprint density at radius 1 is 0.359 bits per heavy atom. The van der Waals surface area contributed by atoms with E-state index in [-0.39, 0.29) is 18.5 Å². The molecule has 2 atom stereocenters. The van der Waals surface area contributed by atoms with Crippen molar-refractivity contribution in [1.82, 2.24) is 5.32 Å². The van der Waals surface area contributed by atoms with Crippen molar-refractivity contribution in [3.8, 4) is 0 Å². The minimum atomic E-state index is -0.664. The predicted octanol–water partition coefficient (Wildman–Crippen LogP) is 22.7. The van der Waals surface area contributed by atoms with Crippen LogP contribution in [0.5, 0.6) is 0 Å². The monoisotopic (exact) mass is 1100 g/mol. The number of rotatable bonds is 66. The van der Waals surface area contributed by atoms with Gasteiger partial charge in [0.15, 0.2) is 0 Å². The Labute approximate surface area is 487 Å². The molecule has 6 nitrogen and oxygen atoms in total. The maximum Gasteiger partial charge on any atom is 0.305 e. The van der Waals surface area contributed by atoms with Gasteiger partial charge in [-0.15, -0.1) is 0 Å². The highest BCUT2D eigenvalue weighted by Crippen LogP contribution is 2.18. The maximum absolute atomic E-state index is 12.5. The smallest absolute Gasteiger partial charge is 0.305 e. The Balaban J connectivity index is 3.36. The second-order valence-corrected chi connectivity index (χ2v) is 24.2. The highest BCUT2D eigenvalue weighted by atomic mass is 16.5. The first-order valence-corrected chi connectivity index (χ1v) is 35.2. The van der Waals surface area contributed by atoms with Gasteiger partial charge >= 0.3 is 5.97 Å². The van der Waals surface area contributed by atoms with E-state index in [1.54, 1.807) is 0 Å². The number of carbonyl (C=O) groups excluding carboxylic acids is 2. The molecule has 0 aromatic carbocycles. The molecule has 0 spiro atoms. The molecule has 78 heavy (non-hydrogen) atoms. The molecule has 0 aliphatic rings. The average molecular weight is 1100 g/mol. The van der Waals surface area contributed by atoms with Crippen LogP contribution in [0.3, 0.4) is 0 Å². The van der Waals surface area contributed by atoms with Crippen molar-refractivity contribution in [2.45, 2.75) is 398 Å². The molecule has 0 bridgehead atoms. The van der Waals surface area contributed by atoms with Crippen LogP contribution in [-0.2, 0) is 14.3 Å². The third-order valence-electron chi connectivity index (χ3n) is 16.4. The van der Waals surface area contributed by atoms with E-state index >= 15 is 0 Å². The van der Waals surface area contributed by atoms with Crippen LogP contribution in [0.15, 0.2) is 36.5 Å². The third-order valence-corrected chi connectivity index (χ3v) is 16.4. The van der Waals surface area contributed by atoms with Gasteiger partial charge in [-0.25, -0.2) is 0 Å². The molecule has 0 fully saturated rings. The maximum atomic E-state index is 12.5. The standard InChI is InChI=1S/C72H137NO5/c1-3-5-7-9-11-13-15-17-19-33-38-42-46-50-54-58-62-66-72(77)78-67-63-59-55-51-47-43-39-35-32-30-28-26-24-22-20-21-23-25-27-29-31-34-37-41-45-49-53-57-61-65-71(76)73-69(68-74)70(75)64-60-56-52-48-44-40-36-18-16-14-12-10-8-6-4-2/h11,13,17,19-20,22,69-70,74-75H,3-10,12,14-16,18,21,23-68H2,1-2H3,(H,73,76)/b13-11-,19-17-,22-20-. The summed E-state index contributed by atoms with van der Waals surface area (Å²) in [6.07, 6.45) is 86.2. The SMILES string of the molecule is CCCCC/C=C\C/C=C\CCCCCCCCCC(=O)OCCCCCCCCCCCCCC/C=C\CCCCCCCCCCCCCCCC(=O)NC(CO)C(O)CCCCCCCCCCCCCCCCC. The summed E-state index contributed by atoms with van der Waals surface area (Å²) in [7, 11) is 0. The molecule has 0 rings (SSSR count). The molecule has 0 aromatic rings. The van der Waals surface area contributed by atoms with Gasteiger partial charge in [0.2, 0.25) is 5.91 Å². The van der Waals surface area contributed by atoms with Crippen LogP contribution >= 0.6 is 0 Å². The molecule has 6 heteroatoms. The first-order chi connectivity index (χ1) is 38.5. The molecule has 0 saturated carbocycles. The molecule has 0 aliphatic carbocycles. The molecule has 3 N–H and O–H groups in total. The number of aliphatic hydroxyl groups is 2. The van der Waals surface area contributed by atoms with Gasteiger partial charge in [-0.2, -0.15) is 0 Å². The fourth-order valence-corrected chi connectivity index (χ4v) is 11.0. The van der Waals surface area contributed by atoms with Crippen LogP contribution in [-0.4, -0.2) is 47.4 Å². The first kappa shape index (κ1) is 76.1. The van der Waals surface area contributed by atoms with Crippen molar-refractivity contribution in [3.05, 3.63) is 36.5 Å². The number of ether oxygens (including phenoxy) is 1. The lowest BCUT2D eigenvalue weighted by atomic mass is 10.0. The molecule has 2 unspecified atom stereocenters. The molecule has 1 amide bonds. The lowest BCUT2D eigenvalue weighted by molar-refractivity contribution is -0.143. The van der Waals surface area contributed by atoms with Gasteiger partial charge in [0.25, 0.3) is 0 Å². The fourth-order valence-electron chi connectivity index (χ4n) is 11.0. The topological polar surface area (TPSA) is 95.9 Å². The molecule has 0 aromatic heterocycles. The van der Waals surface area contributed by atoms with Gasteiger partial charge in [0.1, 0.15) is 0 Å². The predicted molar refractivity (Wildman–Crippen MR) is 343 cm³/mol. The summed E-state index contributed by atoms with van der Waals surface area (Å²) in [5, 5.41) is 23.3. The zero-order valence-electron chi connectivity index (χ0n) is 52.7. The summed E-state index contributed by atoms with van der Waals surface area (Å²) in [6.45, 7) is 4.95. The van der Waals surface area contributed by atoms with E-state index < -0.39 is 12.1 Å². The molecule has 0 heterocycles. The number of hydrogen-bond acceptors (Lipinski definition) is 5. The first-order valence-electron chi connectivity index (χ1n) is 35.2. The lowest BCUT2D eigenvalue weighted by Crippen LogP contribution is -2.45. The van der Waals surface area contributed by atoms with Crippen LogP contribution in [0, 0.1) is 0 Å². The number of amides is 1. The Bertz CT molecular complexity index is 1260. The highest BCUT2D eigenvalue weighted by Gasteiger charge is 2.20. The third kappa shape index (κ3) is 63.3. The number of carbonyl (C=O) groups is 2. The van der Waals surface area contributed by atoms with E-state index in [1.165, 1.54) is 302 Å². The van der Waals surface area contributed by atoms with E-state index in [0.29, 0.717) is 25.9 Å². The molecule has 460 valence electrons. The summed E-state index contributed by atoms with van der Waals surface area (Å²) in [5.74, 6) is -0.0226. The summed E-state index contributed by atoms with van der Waals surface area (Å²) in [6, 6.07) is -0.541. The molecule has 0 saturated heterocycles. The van der Waals surface area contributed by atoms with Crippen LogP contribution in [0.2, 0.25) is 0 Å². The Hall–Kier alpha value is -1.92. The second kappa shape index (κ2) is 67.6. The van der Waals surface area contributed by atoms with Crippen molar-refractivity contribution >= 4 is 11.9 Å². The van der Waals surface area contributed by atoms with Crippen LogP contribution < -0.4 is 5.32 Å². The van der Waals surface area contributed by atoms with E-state index in [0.717, 1.165) is 51.4 Å². The van der Waals surface area contributed by atoms with Gasteiger partial charge in [-0.1, -0.05) is 326 Å². The minimum absolute atomic E-state index is 0.00911. The van der Waals surface area contributed by atoms with E-state index in [9.17, 15) is 19.8 Å². The van der Waals surface area contributed by atoms with Crippen LogP contribution in [0.1, 0.15) is 386 Å². The Morgan fingerprint density at radius 2 is 0.641 bits per heavy atom. The number of nitrogens with one attached hydrogen (secondary N) is 1. The Morgan fingerprint density at radius 3 is 1.01 bits per heavy atom. The zero-order valence-corrected chi connectivity index (χ0v) is 52.7. The van der Waals surface area contributed by atoms with Gasteiger partial charge in [0.05, 0.1) is 25.4 Å². The van der Waals surface area contributed by atoms with Gasteiger partial charge in [-0.05, 0) is 83.5 Å². The molecular formula is C72H137NO5. The molecule has 0 radical (unpaired) electrons. The van der Waals surface area contributed by atoms with Crippen molar-refractivity contribution in [2.75, 3.05) is 13.2 Å². The number of allylic oxidation sites excluding steroid dienone is 6. The summed E-state index contributed by atoms with van der Waals surface area (Å²) >= 11 is 0. The average Bonchev–Trinajstić information content (AvgIpc) is 3.44. The van der Waals surface area contributed by atoms with Crippen molar-refractivity contribution < 1.29 is 24.5 Å². The second-order valence-electron chi connectivity index (χ2n) is 24.2. The van der Waals surface area contributed by atoms with Crippen molar-refractivity contribution in [1.29, 1.82) is 0 Å². The number of unbranched alkanes of at least 4 members (excludes halogenated alkanes) is 49. The molecular weight excluding hydrogens is 959 g/mol. The summed E-state index contributed by atoms with van der Waals surface area (Å²) in [4.78, 5) is 24.6. The lowest BCUT2D eigenvalue weighted by Gasteiger charge is -2.22. The highest BCUT2D eigenvalue weighted by molar-refractivity contribution is 5.76. The largest absolute Gasteiger partial charge is 0.466 e. The summed E-state index contributed by atoms with van der Waals surface area (Å²) < 4.78 is 5.50. The quantitative estimate of drug-likeness (QED) is 0.0320. The van der Waals surface area contributed by atoms with Crippen molar-refractivity contribution in [2.24, 2.45) is 0 Å². The Kier molecular flexibility index (Phi) is 65.9. The van der Waals surface area contributed by atoms with E-state index in [2.05, 4.69) is 55.6 Å². The van der Waals surface area contributed by atoms with Crippen LogP contribution in [0.25, 0.3) is 0 Å². The number of esters is 1. The number of aliphatic hydroxyl groups excluding tert-OH is 2. The van der Waals surface area contributed by atoms with Crippen LogP contribution in [0.4, 0.5) is 0 Å². The van der Waals surface area contributed by atoms with Gasteiger partial charge in [0, 0.05) is 12.8 Å². The zero-order chi connectivity index (χ0) is 56.4. The number of hydrogen-bond donors (Lipinski definition) is 3. The van der Waals surface area contributed by atoms with E-state index in [4.69, 9.17) is 4.74 Å². The fraction of sp³-hybridized carbons (Fsp3) is 0.889. The molecule has 0 aliphatic heterocycles. The normalized spacial score (nSPS) is 12.7. The summed E-state index contributed by atoms with van der Waals surface area (Å²) in [5.41, 5.74) is 0.